The SMILES string of the molecule is CCC(C)Nc1cc(N2CCC(=O)C2)ncn1. The Kier molecular flexibility index (Phi) is 3.56. The number of ketones is 1. The molecule has 5 nitrogen and oxygen atoms in total. The molecule has 1 aliphatic heterocycles. The third-order valence-corrected chi connectivity index (χ3v) is 3.01. The van der Waals surface area contributed by atoms with E-state index in [2.05, 4.69) is 29.1 Å². The Morgan fingerprint density at radius 2 is 2.35 bits per heavy atom. The standard InChI is InChI=1S/C12H18N4O/c1-3-9(2)15-11-6-12(14-8-13-11)16-5-4-10(17)7-16/h6,8-9H,3-5,7H2,1-2H3,(H,13,14,15). The second-order valence-electron chi connectivity index (χ2n) is 4.43. The van der Waals surface area contributed by atoms with E-state index in [0.29, 0.717) is 19.0 Å². The molecule has 0 spiro atoms. The minimum Gasteiger partial charge on any atom is -0.367 e. The fraction of sp³-hybridized carbons (Fsp3) is 0.583. The highest BCUT2D eigenvalue weighted by molar-refractivity contribution is 5.86. The number of carbonyl (C=O) groups is 1. The Morgan fingerprint density at radius 3 is 3.00 bits per heavy atom. The van der Waals surface area contributed by atoms with E-state index in [9.17, 15) is 4.79 Å². The van der Waals surface area contributed by atoms with Gasteiger partial charge in [0.15, 0.2) is 5.78 Å². The lowest BCUT2D eigenvalue weighted by Crippen LogP contribution is -2.21. The summed E-state index contributed by atoms with van der Waals surface area (Å²) in [6, 6.07) is 2.29. The van der Waals surface area contributed by atoms with Crippen LogP contribution < -0.4 is 10.2 Å². The van der Waals surface area contributed by atoms with Crippen molar-refractivity contribution in [1.29, 1.82) is 0 Å². The zero-order chi connectivity index (χ0) is 12.3. The number of aromatic nitrogens is 2. The summed E-state index contributed by atoms with van der Waals surface area (Å²) in [6.07, 6.45) is 3.21. The molecule has 0 amide bonds. The van der Waals surface area contributed by atoms with Crippen molar-refractivity contribution in [3.8, 4) is 0 Å². The van der Waals surface area contributed by atoms with Gasteiger partial charge in [-0.3, -0.25) is 4.79 Å². The van der Waals surface area contributed by atoms with Crippen LogP contribution in [0.25, 0.3) is 0 Å². The van der Waals surface area contributed by atoms with Gasteiger partial charge in [0.05, 0.1) is 6.54 Å². The molecule has 17 heavy (non-hydrogen) atoms. The molecule has 1 fully saturated rings. The summed E-state index contributed by atoms with van der Waals surface area (Å²) in [5, 5.41) is 3.30. The number of hydrogen-bond donors (Lipinski definition) is 1. The maximum Gasteiger partial charge on any atom is 0.153 e. The molecule has 2 heterocycles. The first-order chi connectivity index (χ1) is 8.19. The highest BCUT2D eigenvalue weighted by atomic mass is 16.1. The van der Waals surface area contributed by atoms with Crippen molar-refractivity contribution in [2.75, 3.05) is 23.3 Å². The minimum atomic E-state index is 0.278. The maximum atomic E-state index is 11.2. The summed E-state index contributed by atoms with van der Waals surface area (Å²) >= 11 is 0. The summed E-state index contributed by atoms with van der Waals surface area (Å²) in [7, 11) is 0. The molecule has 0 aromatic carbocycles. The monoisotopic (exact) mass is 234 g/mol. The third kappa shape index (κ3) is 2.93. The van der Waals surface area contributed by atoms with Crippen LogP contribution in [0.3, 0.4) is 0 Å². The van der Waals surface area contributed by atoms with E-state index >= 15 is 0 Å². The predicted octanol–water partition coefficient (Wildman–Crippen LogP) is 1.47. The number of anilines is 2. The van der Waals surface area contributed by atoms with Gasteiger partial charge in [0.1, 0.15) is 18.0 Å². The predicted molar refractivity (Wildman–Crippen MR) is 67.2 cm³/mol. The molecule has 92 valence electrons. The fourth-order valence-electron chi connectivity index (χ4n) is 1.78. The molecule has 1 N–H and O–H groups in total. The number of nitrogens with one attached hydrogen (secondary N) is 1. The van der Waals surface area contributed by atoms with Crippen LogP contribution in [0.2, 0.25) is 0 Å². The maximum absolute atomic E-state index is 11.2. The Labute approximate surface area is 101 Å². The van der Waals surface area contributed by atoms with Gasteiger partial charge in [0, 0.05) is 25.1 Å². The second kappa shape index (κ2) is 5.12. The second-order valence-corrected chi connectivity index (χ2v) is 4.43. The first kappa shape index (κ1) is 11.8. The fourth-order valence-corrected chi connectivity index (χ4v) is 1.78. The van der Waals surface area contributed by atoms with Crippen LogP contribution in [0.15, 0.2) is 12.4 Å². The molecular weight excluding hydrogens is 216 g/mol. The van der Waals surface area contributed by atoms with E-state index < -0.39 is 0 Å². The lowest BCUT2D eigenvalue weighted by atomic mass is 10.2. The zero-order valence-electron chi connectivity index (χ0n) is 10.3. The molecule has 2 rings (SSSR count). The largest absolute Gasteiger partial charge is 0.367 e. The number of nitrogens with zero attached hydrogens (tertiary/aromatic N) is 3. The van der Waals surface area contributed by atoms with Gasteiger partial charge in [-0.2, -0.15) is 0 Å². The van der Waals surface area contributed by atoms with Gasteiger partial charge in [-0.25, -0.2) is 9.97 Å². The van der Waals surface area contributed by atoms with E-state index in [-0.39, 0.29) is 5.78 Å². The van der Waals surface area contributed by atoms with Crippen molar-refractivity contribution in [3.63, 3.8) is 0 Å². The van der Waals surface area contributed by atoms with Crippen LogP contribution in [0.5, 0.6) is 0 Å². The Balaban J connectivity index is 2.08. The van der Waals surface area contributed by atoms with E-state index in [4.69, 9.17) is 0 Å². The summed E-state index contributed by atoms with van der Waals surface area (Å²) in [4.78, 5) is 21.6. The Hall–Kier alpha value is -1.65. The van der Waals surface area contributed by atoms with Crippen LogP contribution in [-0.2, 0) is 4.79 Å². The number of hydrogen-bond acceptors (Lipinski definition) is 5. The molecule has 1 atom stereocenters. The normalized spacial score (nSPS) is 17.3. The van der Waals surface area contributed by atoms with Gasteiger partial charge in [-0.15, -0.1) is 0 Å². The lowest BCUT2D eigenvalue weighted by Gasteiger charge is -2.17. The highest BCUT2D eigenvalue weighted by Gasteiger charge is 2.20. The first-order valence-electron chi connectivity index (χ1n) is 6.04. The van der Waals surface area contributed by atoms with Crippen LogP contribution >= 0.6 is 0 Å². The summed E-state index contributed by atoms with van der Waals surface area (Å²) in [5.74, 6) is 1.93. The van der Waals surface area contributed by atoms with Crippen molar-refractivity contribution in [1.82, 2.24) is 9.97 Å². The van der Waals surface area contributed by atoms with Gasteiger partial charge in [-0.05, 0) is 13.3 Å². The van der Waals surface area contributed by atoms with E-state index in [1.54, 1.807) is 6.33 Å². The minimum absolute atomic E-state index is 0.278. The number of carbonyl (C=O) groups excluding carboxylic acids is 1. The molecule has 1 aromatic rings. The van der Waals surface area contributed by atoms with Gasteiger partial charge in [0.2, 0.25) is 0 Å². The van der Waals surface area contributed by atoms with E-state index in [1.807, 2.05) is 11.0 Å². The molecule has 5 heteroatoms. The van der Waals surface area contributed by atoms with Crippen LogP contribution in [0, 0.1) is 0 Å². The van der Waals surface area contributed by atoms with Crippen molar-refractivity contribution in [2.45, 2.75) is 32.7 Å². The summed E-state index contributed by atoms with van der Waals surface area (Å²) in [6.45, 7) is 5.47. The number of rotatable bonds is 4. The molecule has 1 aliphatic rings. The average molecular weight is 234 g/mol. The van der Waals surface area contributed by atoms with Crippen molar-refractivity contribution >= 4 is 17.4 Å². The van der Waals surface area contributed by atoms with Crippen LogP contribution in [-0.4, -0.2) is 34.9 Å². The molecule has 1 aromatic heterocycles. The van der Waals surface area contributed by atoms with Crippen molar-refractivity contribution in [3.05, 3.63) is 12.4 Å². The third-order valence-electron chi connectivity index (χ3n) is 3.01. The molecular formula is C12H18N4O. The van der Waals surface area contributed by atoms with E-state index in [0.717, 1.165) is 24.6 Å². The van der Waals surface area contributed by atoms with Crippen LogP contribution in [0.4, 0.5) is 11.6 Å². The average Bonchev–Trinajstić information content (AvgIpc) is 2.76. The molecule has 1 saturated heterocycles. The first-order valence-corrected chi connectivity index (χ1v) is 6.04. The summed E-state index contributed by atoms with van der Waals surface area (Å²) < 4.78 is 0. The highest BCUT2D eigenvalue weighted by Crippen LogP contribution is 2.18. The summed E-state index contributed by atoms with van der Waals surface area (Å²) in [5.41, 5.74) is 0. The van der Waals surface area contributed by atoms with Gasteiger partial charge in [-0.1, -0.05) is 6.92 Å². The lowest BCUT2D eigenvalue weighted by molar-refractivity contribution is -0.116. The van der Waals surface area contributed by atoms with Crippen LogP contribution in [0.1, 0.15) is 26.7 Å². The smallest absolute Gasteiger partial charge is 0.153 e. The zero-order valence-corrected chi connectivity index (χ0v) is 10.3. The molecule has 0 aliphatic carbocycles. The Bertz CT molecular complexity index is 407. The van der Waals surface area contributed by atoms with Gasteiger partial charge >= 0.3 is 0 Å². The van der Waals surface area contributed by atoms with Gasteiger partial charge < -0.3 is 10.2 Å². The number of Topliss-reactive ketones (excluding diaryl/α,β-unsaturated/α-hetero) is 1. The molecule has 0 saturated carbocycles. The molecule has 1 unspecified atom stereocenters. The van der Waals surface area contributed by atoms with Crippen molar-refractivity contribution in [2.24, 2.45) is 0 Å². The molecule has 0 bridgehead atoms. The molecule has 0 radical (unpaired) electrons. The quantitative estimate of drug-likeness (QED) is 0.854. The topological polar surface area (TPSA) is 58.1 Å². The van der Waals surface area contributed by atoms with Crippen molar-refractivity contribution < 1.29 is 4.79 Å². The van der Waals surface area contributed by atoms with Gasteiger partial charge in [0.25, 0.3) is 0 Å². The Morgan fingerprint density at radius 1 is 1.53 bits per heavy atom. The van der Waals surface area contributed by atoms with E-state index in [1.165, 1.54) is 0 Å².